The van der Waals surface area contributed by atoms with Gasteiger partial charge in [-0.3, -0.25) is 0 Å². The van der Waals surface area contributed by atoms with Crippen LogP contribution in [-0.2, 0) is 6.42 Å². The Labute approximate surface area is 332 Å². The first kappa shape index (κ1) is 32.2. The molecule has 10 aromatic rings. The van der Waals surface area contributed by atoms with E-state index in [9.17, 15) is 0 Å². The zero-order chi connectivity index (χ0) is 37.5. The van der Waals surface area contributed by atoms with Crippen molar-refractivity contribution in [3.8, 4) is 11.1 Å². The van der Waals surface area contributed by atoms with Crippen LogP contribution >= 0.6 is 11.3 Å². The lowest BCUT2D eigenvalue weighted by molar-refractivity contribution is 0.499. The number of fused-ring (bicyclic) bond motifs is 9. The van der Waals surface area contributed by atoms with Crippen LogP contribution < -0.4 is 5.32 Å². The van der Waals surface area contributed by atoms with Gasteiger partial charge in [-0.05, 0) is 41.5 Å². The van der Waals surface area contributed by atoms with Crippen LogP contribution in [0.5, 0.6) is 0 Å². The fourth-order valence-corrected chi connectivity index (χ4v) is 10.2. The molecule has 2 aliphatic rings. The lowest BCUT2D eigenvalue weighted by atomic mass is 9.96. The Morgan fingerprint density at radius 3 is 1.91 bits per heavy atom. The number of para-hydroxylation sites is 2. The summed E-state index contributed by atoms with van der Waals surface area (Å²) < 4.78 is 11.5. The molecular formula is C51H34N4OS. The number of allylic oxidation sites excluding steroid dienone is 1. The number of nitrogens with one attached hydrogen (secondary N) is 1. The maximum absolute atomic E-state index is 6.60. The number of amidine groups is 2. The third-order valence-electron chi connectivity index (χ3n) is 11.6. The Balaban J connectivity index is 0.913. The van der Waals surface area contributed by atoms with Crippen LogP contribution in [-0.4, -0.2) is 16.2 Å². The predicted molar refractivity (Wildman–Crippen MR) is 238 cm³/mol. The van der Waals surface area contributed by atoms with Crippen LogP contribution in [0.3, 0.4) is 0 Å². The molecule has 1 N–H and O–H groups in total. The zero-order valence-corrected chi connectivity index (χ0v) is 31.6. The van der Waals surface area contributed by atoms with Crippen LogP contribution in [0.1, 0.15) is 40.2 Å². The van der Waals surface area contributed by atoms with Crippen LogP contribution in [0.15, 0.2) is 184 Å². The Bertz CT molecular complexity index is 3200. The standard InChI is InChI=1S/C51H34N4OS/c1-3-12-31(13-4-1)49-52-50(32-14-5-2-6-15-32)54-51(53-49)41-19-11-18-40-39-25-22-34(29-47(39)57-48(40)41)33-23-27-45-42(28-33)38-26-24-35(30-46(38)56-45)55-43-20-9-7-16-36(43)37-17-8-10-21-44(37)55/h1-29,35,51H,30H2,(H,52,53,54). The number of thiophene rings is 1. The summed E-state index contributed by atoms with van der Waals surface area (Å²) in [6.45, 7) is 0. The maximum Gasteiger partial charge on any atom is 0.171 e. The molecule has 0 radical (unpaired) electrons. The Morgan fingerprint density at radius 2 is 1.19 bits per heavy atom. The normalized spacial score (nSPS) is 15.7. The number of nitrogens with zero attached hydrogens (tertiary/aromatic N) is 3. The van der Waals surface area contributed by atoms with Crippen LogP contribution in [0.2, 0.25) is 0 Å². The largest absolute Gasteiger partial charge is 0.460 e. The van der Waals surface area contributed by atoms with E-state index in [0.717, 1.165) is 51.5 Å². The van der Waals surface area contributed by atoms with Crippen LogP contribution in [0.4, 0.5) is 0 Å². The number of hydrogen-bond acceptors (Lipinski definition) is 5. The van der Waals surface area contributed by atoms with E-state index in [-0.39, 0.29) is 12.2 Å². The van der Waals surface area contributed by atoms with Gasteiger partial charge in [0.15, 0.2) is 6.17 Å². The molecule has 0 amide bonds. The Kier molecular flexibility index (Phi) is 7.22. The monoisotopic (exact) mass is 750 g/mol. The van der Waals surface area contributed by atoms with E-state index in [1.807, 2.05) is 47.7 Å². The molecule has 1 unspecified atom stereocenters. The fraction of sp³-hybridized carbons (Fsp3) is 0.0588. The molecule has 6 heteroatoms. The van der Waals surface area contributed by atoms with Gasteiger partial charge in [-0.1, -0.05) is 146 Å². The van der Waals surface area contributed by atoms with Crippen molar-refractivity contribution in [1.29, 1.82) is 0 Å². The predicted octanol–water partition coefficient (Wildman–Crippen LogP) is 12.9. The summed E-state index contributed by atoms with van der Waals surface area (Å²) in [5, 5.41) is 9.73. The molecule has 7 aromatic carbocycles. The molecule has 0 saturated carbocycles. The molecule has 0 bridgehead atoms. The SMILES string of the molecule is C1=CC(n2c3ccccc3c3ccccc32)Cc2oc3ccc(-c4ccc5c(c4)sc4c(C6N=C(c7ccccc7)NC(c7ccccc7)=N6)cccc45)cc3c21. The van der Waals surface area contributed by atoms with Crippen molar-refractivity contribution in [1.82, 2.24) is 9.88 Å². The van der Waals surface area contributed by atoms with Gasteiger partial charge in [-0.25, -0.2) is 9.98 Å². The van der Waals surface area contributed by atoms with E-state index in [1.54, 1.807) is 0 Å². The van der Waals surface area contributed by atoms with Crippen molar-refractivity contribution in [2.75, 3.05) is 0 Å². The third kappa shape index (κ3) is 5.21. The first-order valence-corrected chi connectivity index (χ1v) is 20.3. The van der Waals surface area contributed by atoms with Gasteiger partial charge in [-0.2, -0.15) is 0 Å². The molecule has 0 fully saturated rings. The van der Waals surface area contributed by atoms with E-state index >= 15 is 0 Å². The molecule has 12 rings (SSSR count). The van der Waals surface area contributed by atoms with E-state index in [1.165, 1.54) is 58.7 Å². The zero-order valence-electron chi connectivity index (χ0n) is 30.8. The topological polar surface area (TPSA) is 54.8 Å². The summed E-state index contributed by atoms with van der Waals surface area (Å²) in [5.41, 5.74) is 10.2. The lowest BCUT2D eigenvalue weighted by Gasteiger charge is -2.22. The highest BCUT2D eigenvalue weighted by atomic mass is 32.1. The second-order valence-corrected chi connectivity index (χ2v) is 16.0. The summed E-state index contributed by atoms with van der Waals surface area (Å²) in [6, 6.07) is 58.3. The summed E-state index contributed by atoms with van der Waals surface area (Å²) in [4.78, 5) is 10.4. The molecule has 0 saturated heterocycles. The van der Waals surface area contributed by atoms with E-state index < -0.39 is 0 Å². The van der Waals surface area contributed by atoms with Crippen molar-refractivity contribution in [3.63, 3.8) is 0 Å². The van der Waals surface area contributed by atoms with Crippen molar-refractivity contribution in [2.45, 2.75) is 18.6 Å². The average molecular weight is 751 g/mol. The van der Waals surface area contributed by atoms with Gasteiger partial charge in [0.2, 0.25) is 0 Å². The average Bonchev–Trinajstić information content (AvgIpc) is 3.95. The van der Waals surface area contributed by atoms with Gasteiger partial charge in [-0.15, -0.1) is 11.3 Å². The molecule has 1 aliphatic carbocycles. The molecular weight excluding hydrogens is 717 g/mol. The minimum atomic E-state index is -0.384. The van der Waals surface area contributed by atoms with Crippen molar-refractivity contribution < 1.29 is 4.42 Å². The molecule has 0 spiro atoms. The number of benzene rings is 7. The van der Waals surface area contributed by atoms with E-state index in [4.69, 9.17) is 14.4 Å². The molecule has 5 nitrogen and oxygen atoms in total. The van der Waals surface area contributed by atoms with E-state index in [2.05, 4.69) is 149 Å². The molecule has 1 atom stereocenters. The number of aromatic nitrogens is 1. The van der Waals surface area contributed by atoms with Gasteiger partial charge in [0, 0.05) is 76.0 Å². The maximum atomic E-state index is 6.60. The van der Waals surface area contributed by atoms with Crippen molar-refractivity contribution >= 4 is 82.0 Å². The van der Waals surface area contributed by atoms with Crippen LogP contribution in [0, 0.1) is 0 Å². The molecule has 57 heavy (non-hydrogen) atoms. The van der Waals surface area contributed by atoms with Gasteiger partial charge in [0.25, 0.3) is 0 Å². The lowest BCUT2D eigenvalue weighted by Crippen LogP contribution is -2.36. The Morgan fingerprint density at radius 1 is 0.561 bits per heavy atom. The first-order valence-electron chi connectivity index (χ1n) is 19.4. The third-order valence-corrected chi connectivity index (χ3v) is 12.8. The minimum absolute atomic E-state index is 0.165. The number of rotatable bonds is 5. The first-order chi connectivity index (χ1) is 28.2. The highest BCUT2D eigenvalue weighted by Crippen LogP contribution is 2.43. The van der Waals surface area contributed by atoms with E-state index in [0.29, 0.717) is 0 Å². The van der Waals surface area contributed by atoms with Gasteiger partial charge in [0.1, 0.15) is 23.0 Å². The summed E-state index contributed by atoms with van der Waals surface area (Å²) in [5.74, 6) is 2.69. The minimum Gasteiger partial charge on any atom is -0.460 e. The molecule has 4 heterocycles. The van der Waals surface area contributed by atoms with Gasteiger partial charge in [0.05, 0.1) is 6.04 Å². The number of hydrogen-bond donors (Lipinski definition) is 1. The second kappa shape index (κ2) is 12.8. The molecule has 270 valence electrons. The van der Waals surface area contributed by atoms with Gasteiger partial charge >= 0.3 is 0 Å². The quantitative estimate of drug-likeness (QED) is 0.190. The molecule has 1 aliphatic heterocycles. The number of furan rings is 1. The van der Waals surface area contributed by atoms with Gasteiger partial charge < -0.3 is 14.3 Å². The van der Waals surface area contributed by atoms with Crippen LogP contribution in [0.25, 0.3) is 70.2 Å². The summed E-state index contributed by atoms with van der Waals surface area (Å²) in [7, 11) is 0. The smallest absolute Gasteiger partial charge is 0.171 e. The Hall–Kier alpha value is -7.02. The fourth-order valence-electron chi connectivity index (χ4n) is 8.91. The highest BCUT2D eigenvalue weighted by molar-refractivity contribution is 7.26. The molecule has 3 aromatic heterocycles. The summed E-state index contributed by atoms with van der Waals surface area (Å²) in [6.07, 6.45) is 5.05. The van der Waals surface area contributed by atoms with Crippen molar-refractivity contribution in [2.24, 2.45) is 9.98 Å². The number of aliphatic imine (C=N–C) groups is 2. The second-order valence-electron chi connectivity index (χ2n) is 14.9. The van der Waals surface area contributed by atoms with Crippen molar-refractivity contribution in [3.05, 3.63) is 198 Å². The summed E-state index contributed by atoms with van der Waals surface area (Å²) >= 11 is 1.82. The highest BCUT2D eigenvalue weighted by Gasteiger charge is 2.26.